The van der Waals surface area contributed by atoms with Crippen molar-refractivity contribution in [1.82, 2.24) is 0 Å². The van der Waals surface area contributed by atoms with Crippen LogP contribution in [0.5, 0.6) is 0 Å². The molecule has 0 N–H and O–H groups in total. The topological polar surface area (TPSA) is 0 Å². The molecule has 0 aliphatic rings. The van der Waals surface area contributed by atoms with Gasteiger partial charge < -0.3 is 0 Å². The second-order valence-corrected chi connectivity index (χ2v) is 3.11. The second kappa shape index (κ2) is 3.98. The monoisotopic (exact) mass is 206 g/mol. The van der Waals surface area contributed by atoms with Crippen molar-refractivity contribution in [2.24, 2.45) is 0 Å². The van der Waals surface area contributed by atoms with Crippen molar-refractivity contribution in [3.63, 3.8) is 0 Å². The molecule has 0 saturated carbocycles. The van der Waals surface area contributed by atoms with E-state index in [4.69, 9.17) is 0 Å². The van der Waals surface area contributed by atoms with Crippen molar-refractivity contribution in [1.29, 1.82) is 0 Å². The Morgan fingerprint density at radius 3 is 1.93 bits per heavy atom. The Kier molecular flexibility index (Phi) is 3.13. The maximum absolute atomic E-state index is 13.2. The van der Waals surface area contributed by atoms with E-state index in [2.05, 4.69) is 0 Å². The Hall–Kier alpha value is -1.06. The SMILES string of the molecule is CCCc1c(F)c(C)c(F)c(F)c1F. The van der Waals surface area contributed by atoms with Gasteiger partial charge in [0.1, 0.15) is 5.82 Å². The average Bonchev–Trinajstić information content (AvgIpc) is 2.19. The minimum atomic E-state index is -1.59. The van der Waals surface area contributed by atoms with Crippen LogP contribution >= 0.6 is 0 Å². The molecule has 0 atom stereocenters. The van der Waals surface area contributed by atoms with E-state index in [1.54, 1.807) is 6.92 Å². The second-order valence-electron chi connectivity index (χ2n) is 3.11. The van der Waals surface area contributed by atoms with Gasteiger partial charge in [-0.1, -0.05) is 13.3 Å². The van der Waals surface area contributed by atoms with E-state index in [9.17, 15) is 17.6 Å². The lowest BCUT2D eigenvalue weighted by Gasteiger charge is -2.08. The number of benzene rings is 1. The molecular weight excluding hydrogens is 196 g/mol. The van der Waals surface area contributed by atoms with Crippen LogP contribution in [0.15, 0.2) is 0 Å². The fourth-order valence-electron chi connectivity index (χ4n) is 1.28. The highest BCUT2D eigenvalue weighted by Gasteiger charge is 2.21. The molecule has 0 nitrogen and oxygen atoms in total. The molecule has 0 amide bonds. The van der Waals surface area contributed by atoms with Crippen LogP contribution in [0.1, 0.15) is 24.5 Å². The van der Waals surface area contributed by atoms with E-state index >= 15 is 0 Å². The van der Waals surface area contributed by atoms with Gasteiger partial charge >= 0.3 is 0 Å². The van der Waals surface area contributed by atoms with Gasteiger partial charge in [-0.15, -0.1) is 0 Å². The predicted octanol–water partition coefficient (Wildman–Crippen LogP) is 3.50. The summed E-state index contributed by atoms with van der Waals surface area (Å²) in [4.78, 5) is 0. The highest BCUT2D eigenvalue weighted by atomic mass is 19.2. The minimum absolute atomic E-state index is 0.0652. The Morgan fingerprint density at radius 2 is 1.43 bits per heavy atom. The van der Waals surface area contributed by atoms with Crippen LogP contribution < -0.4 is 0 Å². The van der Waals surface area contributed by atoms with Crippen molar-refractivity contribution >= 4 is 0 Å². The largest absolute Gasteiger partial charge is 0.206 e. The molecule has 0 fully saturated rings. The normalized spacial score (nSPS) is 10.7. The van der Waals surface area contributed by atoms with Crippen LogP contribution in [-0.4, -0.2) is 0 Å². The van der Waals surface area contributed by atoms with Gasteiger partial charge in [-0.2, -0.15) is 0 Å². The molecule has 4 heteroatoms. The zero-order valence-corrected chi connectivity index (χ0v) is 7.93. The minimum Gasteiger partial charge on any atom is -0.206 e. The first-order valence-corrected chi connectivity index (χ1v) is 4.32. The van der Waals surface area contributed by atoms with Crippen LogP contribution in [-0.2, 0) is 6.42 Å². The van der Waals surface area contributed by atoms with Crippen molar-refractivity contribution in [3.05, 3.63) is 34.4 Å². The summed E-state index contributed by atoms with van der Waals surface area (Å²) >= 11 is 0. The average molecular weight is 206 g/mol. The highest BCUT2D eigenvalue weighted by Crippen LogP contribution is 2.24. The zero-order valence-electron chi connectivity index (χ0n) is 7.93. The van der Waals surface area contributed by atoms with E-state index in [0.717, 1.165) is 6.92 Å². The first-order chi connectivity index (χ1) is 6.50. The first-order valence-electron chi connectivity index (χ1n) is 4.32. The third-order valence-electron chi connectivity index (χ3n) is 2.07. The van der Waals surface area contributed by atoms with Crippen molar-refractivity contribution < 1.29 is 17.6 Å². The Bertz CT molecular complexity index is 329. The summed E-state index contributed by atoms with van der Waals surface area (Å²) in [6.45, 7) is 2.79. The van der Waals surface area contributed by atoms with Crippen molar-refractivity contribution in [3.8, 4) is 0 Å². The third-order valence-corrected chi connectivity index (χ3v) is 2.07. The van der Waals surface area contributed by atoms with E-state index in [1.807, 2.05) is 0 Å². The first kappa shape index (κ1) is 11.0. The summed E-state index contributed by atoms with van der Waals surface area (Å²) in [5.74, 6) is -5.43. The van der Waals surface area contributed by atoms with Crippen LogP contribution in [0.4, 0.5) is 17.6 Å². The molecule has 1 aromatic carbocycles. The number of rotatable bonds is 2. The molecule has 0 heterocycles. The molecule has 78 valence electrons. The van der Waals surface area contributed by atoms with E-state index in [-0.39, 0.29) is 12.0 Å². The predicted molar refractivity (Wildman–Crippen MR) is 45.0 cm³/mol. The van der Waals surface area contributed by atoms with Crippen LogP contribution in [0.3, 0.4) is 0 Å². The van der Waals surface area contributed by atoms with E-state index in [0.29, 0.717) is 6.42 Å². The maximum atomic E-state index is 13.2. The summed E-state index contributed by atoms with van der Waals surface area (Å²) in [7, 11) is 0. The fourth-order valence-corrected chi connectivity index (χ4v) is 1.28. The summed E-state index contributed by atoms with van der Waals surface area (Å²) in [6, 6.07) is 0. The summed E-state index contributed by atoms with van der Waals surface area (Å²) in [5, 5.41) is 0. The molecule has 1 rings (SSSR count). The van der Waals surface area contributed by atoms with Crippen LogP contribution in [0, 0.1) is 30.2 Å². The van der Waals surface area contributed by atoms with Gasteiger partial charge in [-0.05, 0) is 13.3 Å². The quantitative estimate of drug-likeness (QED) is 0.394. The van der Waals surface area contributed by atoms with Gasteiger partial charge in [0.15, 0.2) is 17.5 Å². The van der Waals surface area contributed by atoms with Crippen molar-refractivity contribution in [2.75, 3.05) is 0 Å². The molecule has 0 radical (unpaired) electrons. The Balaban J connectivity index is 3.43. The van der Waals surface area contributed by atoms with Gasteiger partial charge in [-0.25, -0.2) is 17.6 Å². The summed E-state index contributed by atoms with van der Waals surface area (Å²) < 4.78 is 51.9. The number of halogens is 4. The third kappa shape index (κ3) is 1.61. The molecule has 0 unspecified atom stereocenters. The molecule has 14 heavy (non-hydrogen) atoms. The van der Waals surface area contributed by atoms with Gasteiger partial charge in [-0.3, -0.25) is 0 Å². The van der Waals surface area contributed by atoms with E-state index in [1.165, 1.54) is 0 Å². The van der Waals surface area contributed by atoms with Crippen molar-refractivity contribution in [2.45, 2.75) is 26.7 Å². The molecule has 0 bridgehead atoms. The Labute approximate surface area is 79.6 Å². The lowest BCUT2D eigenvalue weighted by molar-refractivity contribution is 0.418. The zero-order chi connectivity index (χ0) is 10.9. The van der Waals surface area contributed by atoms with Gasteiger partial charge in [0, 0.05) is 11.1 Å². The molecule has 0 spiro atoms. The Morgan fingerprint density at radius 1 is 0.857 bits per heavy atom. The highest BCUT2D eigenvalue weighted by molar-refractivity contribution is 5.29. The standard InChI is InChI=1S/C10H10F4/c1-3-4-6-7(11)5(2)8(12)10(14)9(6)13/h3-4H2,1-2H3. The van der Waals surface area contributed by atoms with E-state index < -0.39 is 28.8 Å². The van der Waals surface area contributed by atoms with Gasteiger partial charge in [0.25, 0.3) is 0 Å². The molecule has 0 aromatic heterocycles. The summed E-state index contributed by atoms with van der Waals surface area (Å²) in [5.41, 5.74) is -0.837. The maximum Gasteiger partial charge on any atom is 0.195 e. The molecular formula is C10H10F4. The van der Waals surface area contributed by atoms with Gasteiger partial charge in [0.2, 0.25) is 0 Å². The number of hydrogen-bond donors (Lipinski definition) is 0. The fraction of sp³-hybridized carbons (Fsp3) is 0.400. The lowest BCUT2D eigenvalue weighted by Crippen LogP contribution is -2.05. The number of hydrogen-bond acceptors (Lipinski definition) is 0. The lowest BCUT2D eigenvalue weighted by atomic mass is 10.0. The van der Waals surface area contributed by atoms with Gasteiger partial charge in [0.05, 0.1) is 0 Å². The summed E-state index contributed by atoms with van der Waals surface area (Å²) in [6.07, 6.45) is 0.536. The molecule has 0 aliphatic heterocycles. The molecule has 1 aromatic rings. The van der Waals surface area contributed by atoms with Crippen LogP contribution in [0.2, 0.25) is 0 Å². The smallest absolute Gasteiger partial charge is 0.195 e. The molecule has 0 aliphatic carbocycles. The van der Waals surface area contributed by atoms with Crippen LogP contribution in [0.25, 0.3) is 0 Å². The molecule has 0 saturated heterocycles.